The lowest BCUT2D eigenvalue weighted by Crippen LogP contribution is -2.10. The number of aryl methyl sites for hydroxylation is 1. The summed E-state index contributed by atoms with van der Waals surface area (Å²) >= 11 is 7.94. The number of hydrogen-bond acceptors (Lipinski definition) is 6. The van der Waals surface area contributed by atoms with Gasteiger partial charge in [-0.05, 0) is 31.2 Å². The molecule has 0 aliphatic heterocycles. The Morgan fingerprint density at radius 2 is 1.96 bits per heavy atom. The van der Waals surface area contributed by atoms with Gasteiger partial charge in [-0.3, -0.25) is 10.1 Å². The number of fused-ring (bicyclic) bond motifs is 2. The van der Waals surface area contributed by atoms with Gasteiger partial charge < -0.3 is 0 Å². The highest BCUT2D eigenvalue weighted by Crippen LogP contribution is 2.28. The van der Waals surface area contributed by atoms with Crippen molar-refractivity contribution in [1.29, 1.82) is 0 Å². The SMILES string of the molecule is O=[N+]([O-])c1ccc(CSc2nc3nc4c(c(Cl)n3n2)CCCC4)cc1. The molecule has 0 N–H and O–H groups in total. The molecule has 2 heterocycles. The van der Waals surface area contributed by atoms with E-state index in [9.17, 15) is 10.1 Å². The fraction of sp³-hybridized carbons (Fsp3) is 0.312. The molecule has 0 spiro atoms. The van der Waals surface area contributed by atoms with Crippen LogP contribution in [0.2, 0.25) is 5.15 Å². The maximum absolute atomic E-state index is 10.7. The van der Waals surface area contributed by atoms with Crippen LogP contribution in [0, 0.1) is 10.1 Å². The molecule has 3 aromatic rings. The van der Waals surface area contributed by atoms with Gasteiger partial charge in [0.1, 0.15) is 5.15 Å². The van der Waals surface area contributed by atoms with E-state index in [1.54, 1.807) is 16.6 Å². The van der Waals surface area contributed by atoms with Crippen molar-refractivity contribution < 1.29 is 4.92 Å². The molecule has 9 heteroatoms. The molecule has 4 rings (SSSR count). The predicted octanol–water partition coefficient (Wildman–Crippen LogP) is 3.86. The van der Waals surface area contributed by atoms with Gasteiger partial charge in [-0.1, -0.05) is 35.5 Å². The first-order chi connectivity index (χ1) is 12.1. The highest BCUT2D eigenvalue weighted by Gasteiger charge is 2.19. The molecule has 0 unspecified atom stereocenters. The molecule has 0 radical (unpaired) electrons. The van der Waals surface area contributed by atoms with Gasteiger partial charge in [0.25, 0.3) is 11.5 Å². The van der Waals surface area contributed by atoms with E-state index in [4.69, 9.17) is 11.6 Å². The predicted molar refractivity (Wildman–Crippen MR) is 95.1 cm³/mol. The lowest BCUT2D eigenvalue weighted by molar-refractivity contribution is -0.384. The summed E-state index contributed by atoms with van der Waals surface area (Å²) in [6.07, 6.45) is 4.12. The van der Waals surface area contributed by atoms with Crippen LogP contribution >= 0.6 is 23.4 Å². The van der Waals surface area contributed by atoms with Crippen LogP contribution < -0.4 is 0 Å². The third kappa shape index (κ3) is 3.19. The van der Waals surface area contributed by atoms with E-state index in [1.165, 1.54) is 23.9 Å². The van der Waals surface area contributed by atoms with E-state index in [1.807, 2.05) is 0 Å². The summed E-state index contributed by atoms with van der Waals surface area (Å²) in [7, 11) is 0. The molecule has 128 valence electrons. The van der Waals surface area contributed by atoms with Gasteiger partial charge in [-0.25, -0.2) is 4.98 Å². The molecular weight excluding hydrogens is 362 g/mol. The maximum Gasteiger partial charge on any atom is 0.269 e. The number of halogens is 1. The van der Waals surface area contributed by atoms with Crippen LogP contribution in [0.25, 0.3) is 5.78 Å². The first-order valence-corrected chi connectivity index (χ1v) is 9.28. The van der Waals surface area contributed by atoms with E-state index in [0.717, 1.165) is 42.5 Å². The zero-order valence-electron chi connectivity index (χ0n) is 13.2. The van der Waals surface area contributed by atoms with Crippen LogP contribution in [0.3, 0.4) is 0 Å². The van der Waals surface area contributed by atoms with Gasteiger partial charge in [0.05, 0.1) is 10.6 Å². The van der Waals surface area contributed by atoms with E-state index < -0.39 is 4.92 Å². The number of benzene rings is 1. The lowest BCUT2D eigenvalue weighted by Gasteiger charge is -2.15. The molecule has 1 aliphatic carbocycles. The number of nitrogens with zero attached hydrogens (tertiary/aromatic N) is 5. The van der Waals surface area contributed by atoms with Crippen LogP contribution in [0.5, 0.6) is 0 Å². The Bertz CT molecular complexity index is 957. The van der Waals surface area contributed by atoms with Gasteiger partial charge in [0, 0.05) is 23.4 Å². The molecule has 0 amide bonds. The highest BCUT2D eigenvalue weighted by molar-refractivity contribution is 7.98. The standard InChI is InChI=1S/C16H14ClN5O2S/c17-14-12-3-1-2-4-13(12)18-15-19-16(20-21(14)15)25-9-10-5-7-11(8-6-10)22(23)24/h5-8H,1-4,9H2. The summed E-state index contributed by atoms with van der Waals surface area (Å²) in [6.45, 7) is 0. The zero-order chi connectivity index (χ0) is 17.4. The van der Waals surface area contributed by atoms with Crippen molar-refractivity contribution in [2.24, 2.45) is 0 Å². The molecule has 0 atom stereocenters. The molecule has 0 saturated heterocycles. The molecule has 2 aromatic heterocycles. The average molecular weight is 376 g/mol. The third-order valence-corrected chi connectivity index (χ3v) is 5.49. The molecule has 0 saturated carbocycles. The number of non-ortho nitro benzene ring substituents is 1. The Labute approximate surface area is 152 Å². The van der Waals surface area contributed by atoms with Crippen LogP contribution in [0.15, 0.2) is 29.4 Å². The Kier molecular flexibility index (Phi) is 4.30. The first-order valence-electron chi connectivity index (χ1n) is 7.92. The molecule has 0 bridgehead atoms. The van der Waals surface area contributed by atoms with E-state index in [0.29, 0.717) is 21.8 Å². The molecular formula is C16H14ClN5O2S. The molecule has 25 heavy (non-hydrogen) atoms. The van der Waals surface area contributed by atoms with Crippen molar-refractivity contribution >= 4 is 34.8 Å². The Morgan fingerprint density at radius 1 is 1.20 bits per heavy atom. The molecule has 1 aromatic carbocycles. The molecule has 1 aliphatic rings. The van der Waals surface area contributed by atoms with E-state index in [2.05, 4.69) is 15.1 Å². The smallest absolute Gasteiger partial charge is 0.258 e. The maximum atomic E-state index is 10.7. The minimum absolute atomic E-state index is 0.0844. The summed E-state index contributed by atoms with van der Waals surface area (Å²) in [5.74, 6) is 1.14. The van der Waals surface area contributed by atoms with E-state index >= 15 is 0 Å². The second-order valence-electron chi connectivity index (χ2n) is 5.85. The summed E-state index contributed by atoms with van der Waals surface area (Å²) in [6, 6.07) is 6.48. The van der Waals surface area contributed by atoms with Crippen molar-refractivity contribution in [1.82, 2.24) is 19.6 Å². The van der Waals surface area contributed by atoms with Crippen molar-refractivity contribution in [3.05, 3.63) is 56.4 Å². The second-order valence-corrected chi connectivity index (χ2v) is 7.15. The average Bonchev–Trinajstić information content (AvgIpc) is 3.04. The summed E-state index contributed by atoms with van der Waals surface area (Å²) in [5, 5.41) is 16.3. The largest absolute Gasteiger partial charge is 0.269 e. The van der Waals surface area contributed by atoms with Crippen molar-refractivity contribution in [3.8, 4) is 0 Å². The monoisotopic (exact) mass is 375 g/mol. The van der Waals surface area contributed by atoms with Gasteiger partial charge in [0.15, 0.2) is 0 Å². The van der Waals surface area contributed by atoms with Crippen molar-refractivity contribution in [3.63, 3.8) is 0 Å². The summed E-state index contributed by atoms with van der Waals surface area (Å²) in [4.78, 5) is 19.3. The fourth-order valence-electron chi connectivity index (χ4n) is 2.90. The lowest BCUT2D eigenvalue weighted by atomic mass is 9.97. The Morgan fingerprint density at radius 3 is 2.72 bits per heavy atom. The van der Waals surface area contributed by atoms with Crippen molar-refractivity contribution in [2.45, 2.75) is 36.6 Å². The summed E-state index contributed by atoms with van der Waals surface area (Å²) < 4.78 is 1.60. The summed E-state index contributed by atoms with van der Waals surface area (Å²) in [5.41, 5.74) is 3.16. The number of nitro groups is 1. The highest BCUT2D eigenvalue weighted by atomic mass is 35.5. The van der Waals surface area contributed by atoms with Gasteiger partial charge >= 0.3 is 0 Å². The third-order valence-electron chi connectivity index (χ3n) is 4.19. The van der Waals surface area contributed by atoms with Crippen LogP contribution in [0.4, 0.5) is 5.69 Å². The van der Waals surface area contributed by atoms with Gasteiger partial charge in [-0.2, -0.15) is 9.50 Å². The number of thioether (sulfide) groups is 1. The molecule has 0 fully saturated rings. The number of hydrogen-bond donors (Lipinski definition) is 0. The van der Waals surface area contributed by atoms with Gasteiger partial charge in [0.2, 0.25) is 5.16 Å². The van der Waals surface area contributed by atoms with Crippen LogP contribution in [-0.4, -0.2) is 24.5 Å². The van der Waals surface area contributed by atoms with Crippen molar-refractivity contribution in [2.75, 3.05) is 0 Å². The normalized spacial score (nSPS) is 13.8. The number of nitro benzene ring substituents is 1. The van der Waals surface area contributed by atoms with E-state index in [-0.39, 0.29) is 5.69 Å². The minimum Gasteiger partial charge on any atom is -0.258 e. The zero-order valence-corrected chi connectivity index (χ0v) is 14.8. The Hall–Kier alpha value is -2.19. The van der Waals surface area contributed by atoms with Crippen LogP contribution in [0.1, 0.15) is 29.7 Å². The second kappa shape index (κ2) is 6.61. The first kappa shape index (κ1) is 16.3. The minimum atomic E-state index is -0.407. The van der Waals surface area contributed by atoms with Gasteiger partial charge in [-0.15, -0.1) is 5.10 Å². The van der Waals surface area contributed by atoms with Crippen LogP contribution in [-0.2, 0) is 18.6 Å². The topological polar surface area (TPSA) is 86.2 Å². The molecule has 7 nitrogen and oxygen atoms in total. The Balaban J connectivity index is 1.55. The quantitative estimate of drug-likeness (QED) is 0.298. The number of aromatic nitrogens is 4. The fourth-order valence-corrected chi connectivity index (χ4v) is 3.99. The number of rotatable bonds is 4.